The molecule has 3 nitrogen and oxygen atoms in total. The molecule has 0 saturated carbocycles. The number of hydrogen-bond acceptors (Lipinski definition) is 3. The van der Waals surface area contributed by atoms with Gasteiger partial charge >= 0.3 is 0 Å². The van der Waals surface area contributed by atoms with Gasteiger partial charge in [-0.15, -0.1) is 0 Å². The lowest BCUT2D eigenvalue weighted by molar-refractivity contribution is 0.0679. The Balaban J connectivity index is 2.37. The zero-order chi connectivity index (χ0) is 15.3. The minimum Gasteiger partial charge on any atom is -0.508 e. The van der Waals surface area contributed by atoms with Gasteiger partial charge in [-0.25, -0.2) is 0 Å². The zero-order valence-corrected chi connectivity index (χ0v) is 12.3. The largest absolute Gasteiger partial charge is 0.508 e. The van der Waals surface area contributed by atoms with Crippen LogP contribution < -0.4 is 0 Å². The molecule has 0 saturated heterocycles. The van der Waals surface area contributed by atoms with Gasteiger partial charge in [0.15, 0.2) is 0 Å². The summed E-state index contributed by atoms with van der Waals surface area (Å²) in [5.74, 6) is 0.362. The highest BCUT2D eigenvalue weighted by Gasteiger charge is 2.30. The minimum atomic E-state index is -1.10. The number of hydrogen-bond donors (Lipinski definition) is 3. The molecule has 3 N–H and O–H groups in total. The van der Waals surface area contributed by atoms with Gasteiger partial charge in [-0.3, -0.25) is 0 Å². The normalized spacial score (nSPS) is 11.5. The fraction of sp³-hybridized carbons (Fsp3) is 0.333. The predicted molar refractivity (Wildman–Crippen MR) is 83.4 cm³/mol. The highest BCUT2D eigenvalue weighted by atomic mass is 16.3. The van der Waals surface area contributed by atoms with E-state index in [1.54, 1.807) is 48.5 Å². The van der Waals surface area contributed by atoms with Crippen molar-refractivity contribution in [3.05, 3.63) is 59.7 Å². The van der Waals surface area contributed by atoms with Crippen LogP contribution in [0, 0.1) is 0 Å². The molecule has 112 valence electrons. The molecule has 0 unspecified atom stereocenters. The summed E-state index contributed by atoms with van der Waals surface area (Å²) in [6.07, 6.45) is 3.66. The molecular weight excluding hydrogens is 264 g/mol. The Morgan fingerprint density at radius 3 is 1.57 bits per heavy atom. The Hall–Kier alpha value is -2.00. The monoisotopic (exact) mass is 286 g/mol. The number of benzene rings is 2. The van der Waals surface area contributed by atoms with E-state index in [4.69, 9.17) is 0 Å². The van der Waals surface area contributed by atoms with Gasteiger partial charge in [-0.1, -0.05) is 44.0 Å². The molecule has 0 radical (unpaired) electrons. The molecule has 0 aliphatic heterocycles. The van der Waals surface area contributed by atoms with Crippen LogP contribution in [0.1, 0.15) is 43.7 Å². The quantitative estimate of drug-likeness (QED) is 0.705. The number of phenols is 2. The maximum Gasteiger partial charge on any atom is 0.115 e. The average molecular weight is 286 g/mol. The Labute approximate surface area is 125 Å². The summed E-state index contributed by atoms with van der Waals surface area (Å²) < 4.78 is 0. The van der Waals surface area contributed by atoms with Gasteiger partial charge in [0, 0.05) is 0 Å². The van der Waals surface area contributed by atoms with Crippen molar-refractivity contribution < 1.29 is 15.3 Å². The molecular formula is C18H22O3. The molecule has 2 aromatic rings. The lowest BCUT2D eigenvalue weighted by Gasteiger charge is -2.29. The second kappa shape index (κ2) is 6.64. The third-order valence-electron chi connectivity index (χ3n) is 3.83. The highest BCUT2D eigenvalue weighted by Crippen LogP contribution is 2.36. The van der Waals surface area contributed by atoms with Crippen LogP contribution in [0.4, 0.5) is 0 Å². The second-order valence-electron chi connectivity index (χ2n) is 5.41. The molecule has 0 aliphatic carbocycles. The Kier molecular flexibility index (Phi) is 4.86. The van der Waals surface area contributed by atoms with Gasteiger partial charge in [0.25, 0.3) is 0 Å². The van der Waals surface area contributed by atoms with Gasteiger partial charge in [-0.05, 0) is 48.2 Å². The average Bonchev–Trinajstić information content (AvgIpc) is 2.48. The van der Waals surface area contributed by atoms with Crippen molar-refractivity contribution in [1.82, 2.24) is 0 Å². The van der Waals surface area contributed by atoms with Crippen LogP contribution in [-0.4, -0.2) is 15.3 Å². The van der Waals surface area contributed by atoms with E-state index in [0.29, 0.717) is 6.42 Å². The van der Waals surface area contributed by atoms with Crippen molar-refractivity contribution in [2.24, 2.45) is 0 Å². The summed E-state index contributed by atoms with van der Waals surface area (Å²) in [5, 5.41) is 30.1. The molecule has 21 heavy (non-hydrogen) atoms. The minimum absolute atomic E-state index is 0.181. The Bertz CT molecular complexity index is 513. The van der Waals surface area contributed by atoms with Crippen LogP contribution in [0.5, 0.6) is 11.5 Å². The standard InChI is InChI=1S/C18H22O3/c1-2-3-4-13-18(21,14-5-9-16(19)10-6-14)15-7-11-17(20)12-8-15/h5-12,19-21H,2-4,13H2,1H3. The number of phenolic OH excluding ortho intramolecular Hbond substituents is 2. The number of aliphatic hydroxyl groups is 1. The summed E-state index contributed by atoms with van der Waals surface area (Å²) in [4.78, 5) is 0. The van der Waals surface area contributed by atoms with Crippen molar-refractivity contribution in [2.75, 3.05) is 0 Å². The van der Waals surface area contributed by atoms with Gasteiger partial charge in [0.05, 0.1) is 0 Å². The van der Waals surface area contributed by atoms with Crippen molar-refractivity contribution in [3.8, 4) is 11.5 Å². The zero-order valence-electron chi connectivity index (χ0n) is 12.3. The molecule has 0 fully saturated rings. The molecule has 0 heterocycles. The third-order valence-corrected chi connectivity index (χ3v) is 3.83. The lowest BCUT2D eigenvalue weighted by atomic mass is 9.82. The first-order valence-corrected chi connectivity index (χ1v) is 7.37. The molecule has 0 aromatic heterocycles. The van der Waals surface area contributed by atoms with Crippen LogP contribution in [-0.2, 0) is 5.60 Å². The molecule has 0 atom stereocenters. The molecule has 0 aliphatic rings. The number of unbranched alkanes of at least 4 members (excludes halogenated alkanes) is 2. The van der Waals surface area contributed by atoms with Crippen LogP contribution in [0.25, 0.3) is 0 Å². The van der Waals surface area contributed by atoms with Crippen LogP contribution in [0.2, 0.25) is 0 Å². The molecule has 0 bridgehead atoms. The van der Waals surface area contributed by atoms with Crippen LogP contribution in [0.3, 0.4) is 0 Å². The fourth-order valence-electron chi connectivity index (χ4n) is 2.56. The van der Waals surface area contributed by atoms with E-state index in [1.807, 2.05) is 0 Å². The predicted octanol–water partition coefficient (Wildman–Crippen LogP) is 3.91. The topological polar surface area (TPSA) is 60.7 Å². The fourth-order valence-corrected chi connectivity index (χ4v) is 2.56. The summed E-state index contributed by atoms with van der Waals surface area (Å²) in [6, 6.07) is 13.3. The number of rotatable bonds is 6. The van der Waals surface area contributed by atoms with Gasteiger partial charge in [0.1, 0.15) is 17.1 Å². The maximum absolute atomic E-state index is 11.2. The van der Waals surface area contributed by atoms with E-state index in [9.17, 15) is 15.3 Å². The smallest absolute Gasteiger partial charge is 0.115 e. The van der Waals surface area contributed by atoms with Gasteiger partial charge < -0.3 is 15.3 Å². The summed E-state index contributed by atoms with van der Waals surface area (Å²) in [7, 11) is 0. The van der Waals surface area contributed by atoms with E-state index >= 15 is 0 Å². The molecule has 0 spiro atoms. The van der Waals surface area contributed by atoms with E-state index in [-0.39, 0.29) is 11.5 Å². The first kappa shape index (κ1) is 15.4. The summed E-state index contributed by atoms with van der Waals surface area (Å²) >= 11 is 0. The van der Waals surface area contributed by atoms with E-state index in [0.717, 1.165) is 30.4 Å². The Morgan fingerprint density at radius 1 is 0.762 bits per heavy atom. The summed E-state index contributed by atoms with van der Waals surface area (Å²) in [6.45, 7) is 2.13. The second-order valence-corrected chi connectivity index (χ2v) is 5.41. The third kappa shape index (κ3) is 3.56. The lowest BCUT2D eigenvalue weighted by Crippen LogP contribution is -2.27. The van der Waals surface area contributed by atoms with Gasteiger partial charge in [0.2, 0.25) is 0 Å². The maximum atomic E-state index is 11.2. The first-order chi connectivity index (χ1) is 10.1. The van der Waals surface area contributed by atoms with Crippen molar-refractivity contribution in [2.45, 2.75) is 38.2 Å². The van der Waals surface area contributed by atoms with Crippen molar-refractivity contribution >= 4 is 0 Å². The SMILES string of the molecule is CCCCCC(O)(c1ccc(O)cc1)c1ccc(O)cc1. The highest BCUT2D eigenvalue weighted by molar-refractivity contribution is 5.40. The molecule has 0 amide bonds. The van der Waals surface area contributed by atoms with Crippen molar-refractivity contribution in [1.29, 1.82) is 0 Å². The molecule has 3 heteroatoms. The van der Waals surface area contributed by atoms with Gasteiger partial charge in [-0.2, -0.15) is 0 Å². The van der Waals surface area contributed by atoms with Crippen LogP contribution in [0.15, 0.2) is 48.5 Å². The molecule has 2 aromatic carbocycles. The van der Waals surface area contributed by atoms with E-state index in [2.05, 4.69) is 6.92 Å². The van der Waals surface area contributed by atoms with E-state index in [1.165, 1.54) is 0 Å². The number of aromatic hydroxyl groups is 2. The van der Waals surface area contributed by atoms with Crippen molar-refractivity contribution in [3.63, 3.8) is 0 Å². The summed E-state index contributed by atoms with van der Waals surface area (Å²) in [5.41, 5.74) is 0.403. The Morgan fingerprint density at radius 2 is 1.19 bits per heavy atom. The van der Waals surface area contributed by atoms with E-state index < -0.39 is 5.60 Å². The van der Waals surface area contributed by atoms with Crippen LogP contribution >= 0.6 is 0 Å². The molecule has 2 rings (SSSR count). The first-order valence-electron chi connectivity index (χ1n) is 7.37.